The summed E-state index contributed by atoms with van der Waals surface area (Å²) in [5.74, 6) is 1.80. The summed E-state index contributed by atoms with van der Waals surface area (Å²) in [7, 11) is 0. The predicted molar refractivity (Wildman–Crippen MR) is 130 cm³/mol. The molecule has 1 saturated heterocycles. The van der Waals surface area contributed by atoms with E-state index in [1.165, 1.54) is 36.9 Å². The van der Waals surface area contributed by atoms with Gasteiger partial charge in [-0.05, 0) is 77.4 Å². The minimum Gasteiger partial charge on any atom is -0.371 e. The molecule has 0 bridgehead atoms. The summed E-state index contributed by atoms with van der Waals surface area (Å²) in [6, 6.07) is 12.7. The number of hydrogen-bond donors (Lipinski definition) is 0. The van der Waals surface area contributed by atoms with Crippen molar-refractivity contribution >= 4 is 38.8 Å². The van der Waals surface area contributed by atoms with Gasteiger partial charge < -0.3 is 9.69 Å². The molecule has 2 aromatic carbocycles. The third kappa shape index (κ3) is 3.06. The molecule has 32 heavy (non-hydrogen) atoms. The molecule has 6 heteroatoms. The smallest absolute Gasteiger partial charge is 0.281 e. The topological polar surface area (TPSA) is 55.2 Å². The first-order chi connectivity index (χ1) is 15.7. The van der Waals surface area contributed by atoms with Gasteiger partial charge in [-0.1, -0.05) is 25.0 Å². The van der Waals surface area contributed by atoms with Crippen molar-refractivity contribution in [3.63, 3.8) is 0 Å². The maximum Gasteiger partial charge on any atom is 0.281 e. The highest BCUT2D eigenvalue weighted by Crippen LogP contribution is 2.48. The maximum atomic E-state index is 13.1. The minimum absolute atomic E-state index is 0.148. The zero-order chi connectivity index (χ0) is 21.8. The number of nitrogens with zero attached hydrogens (tertiary/aromatic N) is 3. The molecule has 3 aromatic rings. The molecule has 1 unspecified atom stereocenters. The Hall–Kier alpha value is -2.47. The molecular weight excluding hydrogens is 466 g/mol. The summed E-state index contributed by atoms with van der Waals surface area (Å²) < 4.78 is 3.03. The molecule has 1 aromatic heterocycles. The van der Waals surface area contributed by atoms with Gasteiger partial charge in [0, 0.05) is 35.1 Å². The molecule has 6 rings (SSSR count). The van der Waals surface area contributed by atoms with Crippen LogP contribution in [0.25, 0.3) is 16.6 Å². The second-order valence-electron chi connectivity index (χ2n) is 9.47. The van der Waals surface area contributed by atoms with Crippen LogP contribution in [0.3, 0.4) is 0 Å². The summed E-state index contributed by atoms with van der Waals surface area (Å²) in [5, 5.41) is 0.645. The van der Waals surface area contributed by atoms with Gasteiger partial charge in [-0.15, -0.1) is 0 Å². The highest BCUT2D eigenvalue weighted by Gasteiger charge is 2.38. The Morgan fingerprint density at radius 1 is 1.03 bits per heavy atom. The average Bonchev–Trinajstić information content (AvgIpc) is 3.44. The van der Waals surface area contributed by atoms with Crippen LogP contribution >= 0.6 is 15.9 Å². The molecule has 1 atom stereocenters. The van der Waals surface area contributed by atoms with E-state index in [1.54, 1.807) is 0 Å². The van der Waals surface area contributed by atoms with Crippen molar-refractivity contribution < 1.29 is 4.79 Å². The number of aldehydes is 1. The third-order valence-corrected chi connectivity index (χ3v) is 8.39. The van der Waals surface area contributed by atoms with Gasteiger partial charge >= 0.3 is 0 Å². The molecule has 164 valence electrons. The van der Waals surface area contributed by atoms with Gasteiger partial charge in [-0.2, -0.15) is 4.98 Å². The Balaban J connectivity index is 1.54. The average molecular weight is 492 g/mol. The molecular formula is C26H26BrN3O2. The largest absolute Gasteiger partial charge is 0.371 e. The lowest BCUT2D eigenvalue weighted by atomic mass is 9.85. The van der Waals surface area contributed by atoms with E-state index in [2.05, 4.69) is 48.6 Å². The van der Waals surface area contributed by atoms with Crippen LogP contribution < -0.4 is 10.5 Å². The quantitative estimate of drug-likeness (QED) is 0.472. The predicted octanol–water partition coefficient (Wildman–Crippen LogP) is 5.20. The summed E-state index contributed by atoms with van der Waals surface area (Å²) >= 11 is 3.58. The summed E-state index contributed by atoms with van der Waals surface area (Å²) in [6.07, 6.45) is 7.81. The number of piperidine rings is 1. The fourth-order valence-electron chi connectivity index (χ4n) is 6.08. The zero-order valence-corrected chi connectivity index (χ0v) is 19.6. The van der Waals surface area contributed by atoms with E-state index in [0.717, 1.165) is 53.7 Å². The van der Waals surface area contributed by atoms with E-state index in [1.807, 2.05) is 18.2 Å². The van der Waals surface area contributed by atoms with Crippen molar-refractivity contribution in [2.24, 2.45) is 11.8 Å². The van der Waals surface area contributed by atoms with E-state index in [0.29, 0.717) is 11.3 Å². The number of carbonyl (C=O) groups is 1. The first-order valence-electron chi connectivity index (χ1n) is 11.7. The van der Waals surface area contributed by atoms with Gasteiger partial charge in [0.15, 0.2) is 0 Å². The Kier molecular flexibility index (Phi) is 4.94. The van der Waals surface area contributed by atoms with Crippen molar-refractivity contribution in [3.05, 3.63) is 62.6 Å². The zero-order valence-electron chi connectivity index (χ0n) is 18.0. The molecule has 1 aliphatic carbocycles. The van der Waals surface area contributed by atoms with Gasteiger partial charge in [0.25, 0.3) is 5.56 Å². The molecule has 0 spiro atoms. The van der Waals surface area contributed by atoms with Crippen LogP contribution in [-0.2, 0) is 4.79 Å². The molecule has 1 saturated carbocycles. The van der Waals surface area contributed by atoms with Crippen LogP contribution in [-0.4, -0.2) is 28.9 Å². The molecule has 0 amide bonds. The van der Waals surface area contributed by atoms with Crippen LogP contribution in [0.15, 0.2) is 45.7 Å². The Bertz CT molecular complexity index is 1270. The first-order valence-corrected chi connectivity index (χ1v) is 12.5. The fourth-order valence-corrected chi connectivity index (χ4v) is 6.60. The SMILES string of the molecule is O=CC1CCN(c2ccc3c(c2)-n2c(nc(=O)c4c(Br)cccc42)C3C2CCCC2)CC1. The number of aromatic nitrogens is 2. The van der Waals surface area contributed by atoms with E-state index in [4.69, 9.17) is 0 Å². The van der Waals surface area contributed by atoms with Crippen molar-refractivity contribution in [2.45, 2.75) is 44.4 Å². The number of carbonyl (C=O) groups excluding carboxylic acids is 1. The molecule has 2 aliphatic heterocycles. The van der Waals surface area contributed by atoms with E-state index < -0.39 is 0 Å². The highest BCUT2D eigenvalue weighted by atomic mass is 79.9. The van der Waals surface area contributed by atoms with E-state index in [9.17, 15) is 9.59 Å². The van der Waals surface area contributed by atoms with Crippen LogP contribution in [0, 0.1) is 11.8 Å². The molecule has 0 N–H and O–H groups in total. The van der Waals surface area contributed by atoms with Gasteiger partial charge in [0.05, 0.1) is 16.6 Å². The summed E-state index contributed by atoms with van der Waals surface area (Å²) in [4.78, 5) is 31.3. The molecule has 3 heterocycles. The fraction of sp³-hybridized carbons (Fsp3) is 0.423. The number of rotatable bonds is 3. The van der Waals surface area contributed by atoms with Crippen molar-refractivity contribution in [2.75, 3.05) is 18.0 Å². The first kappa shape index (κ1) is 20.2. The number of benzene rings is 2. The van der Waals surface area contributed by atoms with Crippen LogP contribution in [0.4, 0.5) is 5.69 Å². The van der Waals surface area contributed by atoms with Gasteiger partial charge in [0.1, 0.15) is 12.1 Å². The lowest BCUT2D eigenvalue weighted by Crippen LogP contribution is -2.34. The number of halogens is 1. The summed E-state index contributed by atoms with van der Waals surface area (Å²) in [6.45, 7) is 1.80. The lowest BCUT2D eigenvalue weighted by Gasteiger charge is -2.32. The highest BCUT2D eigenvalue weighted by molar-refractivity contribution is 9.10. The second kappa shape index (κ2) is 7.84. The lowest BCUT2D eigenvalue weighted by molar-refractivity contribution is -0.111. The van der Waals surface area contributed by atoms with E-state index in [-0.39, 0.29) is 17.4 Å². The Labute approximate surface area is 195 Å². The Morgan fingerprint density at radius 2 is 1.81 bits per heavy atom. The van der Waals surface area contributed by atoms with Gasteiger partial charge in [-0.3, -0.25) is 9.36 Å². The normalized spacial score (nSPS) is 21.2. The number of fused-ring (bicyclic) bond motifs is 5. The van der Waals surface area contributed by atoms with Crippen molar-refractivity contribution in [3.8, 4) is 5.69 Å². The van der Waals surface area contributed by atoms with Crippen molar-refractivity contribution in [1.29, 1.82) is 0 Å². The van der Waals surface area contributed by atoms with E-state index >= 15 is 0 Å². The standard InChI is InChI=1S/C26H26BrN3O2/c27-20-6-3-7-21-24(20)26(32)28-25-23(17-4-1-2-5-17)19-9-8-18(14-22(19)30(21)25)29-12-10-16(15-31)11-13-29/h3,6-9,14-17,23H,1-2,4-5,10-13H2. The third-order valence-electron chi connectivity index (χ3n) is 7.73. The molecule has 0 radical (unpaired) electrons. The molecule has 2 fully saturated rings. The molecule has 5 nitrogen and oxygen atoms in total. The number of anilines is 1. The summed E-state index contributed by atoms with van der Waals surface area (Å²) in [5.41, 5.74) is 4.41. The number of hydrogen-bond acceptors (Lipinski definition) is 4. The second-order valence-corrected chi connectivity index (χ2v) is 10.3. The van der Waals surface area contributed by atoms with Crippen LogP contribution in [0.2, 0.25) is 0 Å². The van der Waals surface area contributed by atoms with Gasteiger partial charge in [-0.25, -0.2) is 0 Å². The monoisotopic (exact) mass is 491 g/mol. The Morgan fingerprint density at radius 3 is 2.56 bits per heavy atom. The van der Waals surface area contributed by atoms with Crippen LogP contribution in [0.1, 0.15) is 55.8 Å². The minimum atomic E-state index is -0.148. The van der Waals surface area contributed by atoms with Crippen molar-refractivity contribution in [1.82, 2.24) is 9.55 Å². The maximum absolute atomic E-state index is 13.1. The van der Waals surface area contributed by atoms with Crippen LogP contribution in [0.5, 0.6) is 0 Å². The van der Waals surface area contributed by atoms with Gasteiger partial charge in [0.2, 0.25) is 0 Å². The molecule has 3 aliphatic rings.